The Labute approximate surface area is 142 Å². The number of benzene rings is 1. The fraction of sp³-hybridized carbons (Fsp3) is 0.176. The third kappa shape index (κ3) is 3.85. The quantitative estimate of drug-likeness (QED) is 0.773. The van der Waals surface area contributed by atoms with Crippen molar-refractivity contribution >= 4 is 44.3 Å². The van der Waals surface area contributed by atoms with Crippen LogP contribution in [0.25, 0.3) is 6.08 Å². The number of anilines is 1. The van der Waals surface area contributed by atoms with Gasteiger partial charge in [-0.15, -0.1) is 11.3 Å². The van der Waals surface area contributed by atoms with Crippen LogP contribution in [0.4, 0.5) is 5.00 Å². The van der Waals surface area contributed by atoms with Crippen LogP contribution in [0.3, 0.4) is 0 Å². The third-order valence-corrected chi connectivity index (χ3v) is 4.80. The molecule has 2 rings (SSSR count). The van der Waals surface area contributed by atoms with E-state index in [1.54, 1.807) is 6.08 Å². The number of nitrogens with zero attached hydrogens (tertiary/aromatic N) is 1. The van der Waals surface area contributed by atoms with Crippen LogP contribution in [0, 0.1) is 18.3 Å². The Balaban J connectivity index is 2.13. The predicted molar refractivity (Wildman–Crippen MR) is 95.0 cm³/mol. The molecule has 0 bridgehead atoms. The van der Waals surface area contributed by atoms with Crippen LogP contribution in [0.2, 0.25) is 0 Å². The molecule has 0 aliphatic heterocycles. The second-order valence-electron chi connectivity index (χ2n) is 4.68. The lowest BCUT2D eigenvalue weighted by atomic mass is 10.1. The summed E-state index contributed by atoms with van der Waals surface area (Å²) in [6.07, 6.45) is 4.01. The molecule has 112 valence electrons. The fourth-order valence-electron chi connectivity index (χ4n) is 2.11. The molecular weight excluding hydrogens is 360 g/mol. The molecule has 0 unspecified atom stereocenters. The van der Waals surface area contributed by atoms with E-state index >= 15 is 0 Å². The lowest BCUT2D eigenvalue weighted by molar-refractivity contribution is -0.111. The Hall–Kier alpha value is -1.90. The van der Waals surface area contributed by atoms with E-state index in [0.29, 0.717) is 10.6 Å². The molecule has 1 aromatic heterocycles. The molecule has 5 heteroatoms. The maximum absolute atomic E-state index is 12.0. The fourth-order valence-corrected chi connectivity index (χ4v) is 3.47. The van der Waals surface area contributed by atoms with Crippen molar-refractivity contribution < 1.29 is 4.79 Å². The Bertz CT molecular complexity index is 754. The van der Waals surface area contributed by atoms with Crippen LogP contribution in [0.1, 0.15) is 28.5 Å². The van der Waals surface area contributed by atoms with Crippen molar-refractivity contribution in [3.8, 4) is 6.07 Å². The predicted octanol–water partition coefficient (Wildman–Crippen LogP) is 4.91. The van der Waals surface area contributed by atoms with Gasteiger partial charge in [0.2, 0.25) is 5.91 Å². The van der Waals surface area contributed by atoms with Gasteiger partial charge >= 0.3 is 0 Å². The molecule has 0 aliphatic rings. The standard InChI is InChI=1S/C17H15BrN2OS/c1-3-14-11(2)22-17(15(14)10-19)20-16(21)9-6-12-4-7-13(18)8-5-12/h4-9H,3H2,1-2H3,(H,20,21)/b9-6+. The summed E-state index contributed by atoms with van der Waals surface area (Å²) in [6, 6.07) is 9.86. The van der Waals surface area contributed by atoms with Crippen LogP contribution >= 0.6 is 27.3 Å². The van der Waals surface area contributed by atoms with Gasteiger partial charge in [-0.3, -0.25) is 4.79 Å². The molecule has 1 N–H and O–H groups in total. The second-order valence-corrected chi connectivity index (χ2v) is 6.82. The van der Waals surface area contributed by atoms with E-state index in [0.717, 1.165) is 26.9 Å². The molecule has 0 aliphatic carbocycles. The van der Waals surface area contributed by atoms with Gasteiger partial charge in [0.25, 0.3) is 0 Å². The summed E-state index contributed by atoms with van der Waals surface area (Å²) < 4.78 is 0.994. The number of rotatable bonds is 4. The number of hydrogen-bond donors (Lipinski definition) is 1. The highest BCUT2D eigenvalue weighted by atomic mass is 79.9. The van der Waals surface area contributed by atoms with Crippen LogP contribution in [0.15, 0.2) is 34.8 Å². The smallest absolute Gasteiger partial charge is 0.249 e. The zero-order chi connectivity index (χ0) is 16.1. The van der Waals surface area contributed by atoms with E-state index < -0.39 is 0 Å². The molecule has 0 saturated heterocycles. The van der Waals surface area contributed by atoms with Gasteiger partial charge in [0.1, 0.15) is 11.1 Å². The maximum Gasteiger partial charge on any atom is 0.249 e. The summed E-state index contributed by atoms with van der Waals surface area (Å²) in [4.78, 5) is 13.1. The first-order valence-corrected chi connectivity index (χ1v) is 8.43. The van der Waals surface area contributed by atoms with E-state index in [4.69, 9.17) is 0 Å². The summed E-state index contributed by atoms with van der Waals surface area (Å²) in [5, 5.41) is 12.7. The molecule has 22 heavy (non-hydrogen) atoms. The summed E-state index contributed by atoms with van der Waals surface area (Å²) in [5.41, 5.74) is 2.53. The van der Waals surface area contributed by atoms with E-state index in [9.17, 15) is 10.1 Å². The van der Waals surface area contributed by atoms with Crippen molar-refractivity contribution in [2.75, 3.05) is 5.32 Å². The maximum atomic E-state index is 12.0. The number of aryl methyl sites for hydroxylation is 1. The molecule has 0 saturated carbocycles. The first-order valence-electron chi connectivity index (χ1n) is 6.82. The Kier molecular flexibility index (Phi) is 5.53. The monoisotopic (exact) mass is 374 g/mol. The van der Waals surface area contributed by atoms with E-state index in [1.165, 1.54) is 17.4 Å². The highest BCUT2D eigenvalue weighted by Gasteiger charge is 2.15. The second kappa shape index (κ2) is 7.39. The molecule has 1 heterocycles. The highest BCUT2D eigenvalue weighted by Crippen LogP contribution is 2.32. The summed E-state index contributed by atoms with van der Waals surface area (Å²) in [5.74, 6) is -0.233. The molecule has 0 radical (unpaired) electrons. The summed E-state index contributed by atoms with van der Waals surface area (Å²) in [7, 11) is 0. The van der Waals surface area contributed by atoms with Crippen molar-refractivity contribution in [1.29, 1.82) is 5.26 Å². The van der Waals surface area contributed by atoms with Gasteiger partial charge in [-0.1, -0.05) is 35.0 Å². The first-order chi connectivity index (χ1) is 10.5. The van der Waals surface area contributed by atoms with Crippen molar-refractivity contribution in [3.05, 3.63) is 56.4 Å². The number of carbonyl (C=O) groups is 1. The summed E-state index contributed by atoms with van der Waals surface area (Å²) in [6.45, 7) is 3.98. The minimum Gasteiger partial charge on any atom is -0.313 e. The van der Waals surface area contributed by atoms with Crippen molar-refractivity contribution in [2.24, 2.45) is 0 Å². The van der Waals surface area contributed by atoms with Crippen molar-refractivity contribution in [3.63, 3.8) is 0 Å². The number of hydrogen-bond acceptors (Lipinski definition) is 3. The lowest BCUT2D eigenvalue weighted by Gasteiger charge is -2.00. The van der Waals surface area contributed by atoms with Gasteiger partial charge in [-0.05, 0) is 42.7 Å². The minimum atomic E-state index is -0.233. The topological polar surface area (TPSA) is 52.9 Å². The van der Waals surface area contributed by atoms with Gasteiger partial charge in [0, 0.05) is 15.4 Å². The summed E-state index contributed by atoms with van der Waals surface area (Å²) >= 11 is 4.82. The Morgan fingerprint density at radius 1 is 1.41 bits per heavy atom. The van der Waals surface area contributed by atoms with Crippen molar-refractivity contribution in [2.45, 2.75) is 20.3 Å². The van der Waals surface area contributed by atoms with Gasteiger partial charge in [0.05, 0.1) is 5.56 Å². The van der Waals surface area contributed by atoms with Crippen LogP contribution in [-0.4, -0.2) is 5.91 Å². The molecule has 1 aromatic carbocycles. The van der Waals surface area contributed by atoms with Gasteiger partial charge in [0.15, 0.2) is 0 Å². The largest absolute Gasteiger partial charge is 0.313 e. The van der Waals surface area contributed by atoms with Crippen molar-refractivity contribution in [1.82, 2.24) is 0 Å². The average Bonchev–Trinajstić information content (AvgIpc) is 2.81. The van der Waals surface area contributed by atoms with Crippen LogP contribution < -0.4 is 5.32 Å². The molecule has 0 atom stereocenters. The molecule has 1 amide bonds. The van der Waals surface area contributed by atoms with Gasteiger partial charge in [-0.2, -0.15) is 5.26 Å². The number of thiophene rings is 1. The Morgan fingerprint density at radius 2 is 2.09 bits per heavy atom. The van der Waals surface area contributed by atoms with E-state index in [-0.39, 0.29) is 5.91 Å². The van der Waals surface area contributed by atoms with Gasteiger partial charge in [-0.25, -0.2) is 0 Å². The van der Waals surface area contributed by atoms with Crippen LogP contribution in [-0.2, 0) is 11.2 Å². The van der Waals surface area contributed by atoms with E-state index in [2.05, 4.69) is 27.3 Å². The molecular formula is C17H15BrN2OS. The zero-order valence-corrected chi connectivity index (χ0v) is 14.7. The molecule has 0 fully saturated rings. The zero-order valence-electron chi connectivity index (χ0n) is 12.3. The Morgan fingerprint density at radius 3 is 2.68 bits per heavy atom. The van der Waals surface area contributed by atoms with E-state index in [1.807, 2.05) is 38.1 Å². The highest BCUT2D eigenvalue weighted by molar-refractivity contribution is 9.10. The minimum absolute atomic E-state index is 0.233. The SMILES string of the molecule is CCc1c(C)sc(NC(=O)/C=C/c2ccc(Br)cc2)c1C#N. The average molecular weight is 375 g/mol. The number of amides is 1. The van der Waals surface area contributed by atoms with Gasteiger partial charge < -0.3 is 5.32 Å². The normalized spacial score (nSPS) is 10.6. The molecule has 3 nitrogen and oxygen atoms in total. The first kappa shape index (κ1) is 16.5. The number of halogens is 1. The number of carbonyl (C=O) groups excluding carboxylic acids is 1. The molecule has 2 aromatic rings. The number of nitrogens with one attached hydrogen (secondary N) is 1. The third-order valence-electron chi connectivity index (χ3n) is 3.21. The lowest BCUT2D eigenvalue weighted by Crippen LogP contribution is -2.07. The van der Waals surface area contributed by atoms with Crippen LogP contribution in [0.5, 0.6) is 0 Å². The molecule has 0 spiro atoms. The number of nitriles is 1.